The molecule has 0 saturated carbocycles. The predicted molar refractivity (Wildman–Crippen MR) is 110 cm³/mol. The maximum Gasteiger partial charge on any atom is 0.251 e. The first-order valence-electron chi connectivity index (χ1n) is 8.73. The van der Waals surface area contributed by atoms with Crippen LogP contribution in [0.4, 0.5) is 14.5 Å². The van der Waals surface area contributed by atoms with Gasteiger partial charge in [0.25, 0.3) is 5.91 Å². The molecule has 9 heteroatoms. The van der Waals surface area contributed by atoms with Gasteiger partial charge in [-0.1, -0.05) is 12.1 Å². The van der Waals surface area contributed by atoms with Crippen LogP contribution < -0.4 is 15.8 Å². The zero-order valence-corrected chi connectivity index (χ0v) is 16.6. The van der Waals surface area contributed by atoms with E-state index in [1.165, 1.54) is 23.5 Å². The monoisotopic (exact) mass is 429 g/mol. The first-order chi connectivity index (χ1) is 14.3. The van der Waals surface area contributed by atoms with E-state index in [4.69, 9.17) is 10.5 Å². The van der Waals surface area contributed by atoms with Crippen LogP contribution in [0.25, 0.3) is 6.08 Å². The number of nitrogens with zero attached hydrogens (tertiary/aromatic N) is 1. The van der Waals surface area contributed by atoms with E-state index in [1.54, 1.807) is 24.3 Å². The van der Waals surface area contributed by atoms with E-state index in [9.17, 15) is 18.4 Å². The Kier molecular flexibility index (Phi) is 6.53. The molecular formula is C21H17F2N3O3S. The van der Waals surface area contributed by atoms with Gasteiger partial charge in [-0.25, -0.2) is 13.8 Å². The summed E-state index contributed by atoms with van der Waals surface area (Å²) in [6.45, 7) is 2.24. The smallest absolute Gasteiger partial charge is 0.251 e. The Morgan fingerprint density at radius 3 is 2.73 bits per heavy atom. The summed E-state index contributed by atoms with van der Waals surface area (Å²) in [6, 6.07) is 8.37. The molecule has 0 spiro atoms. The molecule has 0 atom stereocenters. The molecule has 3 rings (SSSR count). The number of ether oxygens (including phenoxy) is 1. The highest BCUT2D eigenvalue weighted by Gasteiger charge is 2.14. The van der Waals surface area contributed by atoms with E-state index in [0.717, 1.165) is 16.8 Å². The van der Waals surface area contributed by atoms with Crippen LogP contribution in [0.2, 0.25) is 0 Å². The quantitative estimate of drug-likeness (QED) is 0.554. The second-order valence-electron chi connectivity index (χ2n) is 6.22. The molecule has 2 aromatic carbocycles. The summed E-state index contributed by atoms with van der Waals surface area (Å²) in [7, 11) is 0. The standard InChI is InChI=1S/C21H17F2N3O3S/c1-12-25-14(11-30-12)10-29-15-4-2-3-13(7-15)5-6-20(27)26-19-8-16(21(24)28)17(22)9-18(19)23/h2-9,11H,10H2,1H3,(H2,24,28)(H,26,27)/b6-5+. The number of amides is 2. The number of halogens is 2. The van der Waals surface area contributed by atoms with Crippen molar-refractivity contribution < 1.29 is 23.1 Å². The van der Waals surface area contributed by atoms with Crippen LogP contribution in [0, 0.1) is 18.6 Å². The summed E-state index contributed by atoms with van der Waals surface area (Å²) < 4.78 is 33.1. The normalized spacial score (nSPS) is 10.9. The van der Waals surface area contributed by atoms with E-state index in [0.29, 0.717) is 24.0 Å². The summed E-state index contributed by atoms with van der Waals surface area (Å²) in [5, 5.41) is 5.13. The molecule has 3 aromatic rings. The Morgan fingerprint density at radius 2 is 2.03 bits per heavy atom. The average Bonchev–Trinajstić information content (AvgIpc) is 3.12. The van der Waals surface area contributed by atoms with E-state index < -0.39 is 29.0 Å². The van der Waals surface area contributed by atoms with Crippen LogP contribution in [-0.2, 0) is 11.4 Å². The first-order valence-corrected chi connectivity index (χ1v) is 9.61. The van der Waals surface area contributed by atoms with Crippen molar-refractivity contribution in [3.8, 4) is 5.75 Å². The van der Waals surface area contributed by atoms with Crippen molar-refractivity contribution >= 4 is 34.9 Å². The zero-order chi connectivity index (χ0) is 21.7. The van der Waals surface area contributed by atoms with Gasteiger partial charge >= 0.3 is 0 Å². The lowest BCUT2D eigenvalue weighted by atomic mass is 10.1. The topological polar surface area (TPSA) is 94.3 Å². The molecule has 0 bridgehead atoms. The number of hydrogen-bond donors (Lipinski definition) is 2. The number of nitrogens with two attached hydrogens (primary N) is 1. The third-order valence-corrected chi connectivity index (χ3v) is 4.74. The number of carbonyl (C=O) groups is 2. The van der Waals surface area contributed by atoms with Crippen LogP contribution in [0.3, 0.4) is 0 Å². The van der Waals surface area contributed by atoms with Crippen LogP contribution in [0.5, 0.6) is 5.75 Å². The van der Waals surface area contributed by atoms with Gasteiger partial charge in [0, 0.05) is 17.5 Å². The molecule has 0 saturated heterocycles. The van der Waals surface area contributed by atoms with Crippen LogP contribution in [0.15, 0.2) is 47.9 Å². The molecule has 1 heterocycles. The van der Waals surface area contributed by atoms with Crippen molar-refractivity contribution in [2.45, 2.75) is 13.5 Å². The molecule has 154 valence electrons. The van der Waals surface area contributed by atoms with Gasteiger partial charge in [0.1, 0.15) is 24.0 Å². The third-order valence-electron chi connectivity index (χ3n) is 3.92. The van der Waals surface area contributed by atoms with Gasteiger partial charge in [-0.2, -0.15) is 0 Å². The summed E-state index contributed by atoms with van der Waals surface area (Å²) in [4.78, 5) is 27.6. The summed E-state index contributed by atoms with van der Waals surface area (Å²) >= 11 is 1.54. The molecule has 30 heavy (non-hydrogen) atoms. The maximum absolute atomic E-state index is 13.8. The van der Waals surface area contributed by atoms with Gasteiger partial charge in [0.15, 0.2) is 0 Å². The minimum absolute atomic E-state index is 0.323. The fourth-order valence-corrected chi connectivity index (χ4v) is 3.12. The number of carbonyl (C=O) groups excluding carboxylic acids is 2. The number of rotatable bonds is 7. The fourth-order valence-electron chi connectivity index (χ4n) is 2.52. The molecule has 0 unspecified atom stereocenters. The number of nitrogens with one attached hydrogen (secondary N) is 1. The minimum Gasteiger partial charge on any atom is -0.487 e. The lowest BCUT2D eigenvalue weighted by Gasteiger charge is -2.07. The fraction of sp³-hybridized carbons (Fsp3) is 0.0952. The molecule has 0 radical (unpaired) electrons. The van der Waals surface area contributed by atoms with Crippen molar-refractivity contribution in [1.82, 2.24) is 4.98 Å². The van der Waals surface area contributed by atoms with Crippen molar-refractivity contribution in [3.05, 3.63) is 81.3 Å². The second-order valence-corrected chi connectivity index (χ2v) is 7.28. The molecule has 1 aromatic heterocycles. The summed E-state index contributed by atoms with van der Waals surface area (Å²) in [5.74, 6) is -3.26. The van der Waals surface area contributed by atoms with Crippen molar-refractivity contribution in [3.63, 3.8) is 0 Å². The number of aryl methyl sites for hydroxylation is 1. The number of thiazole rings is 1. The number of primary amides is 1. The largest absolute Gasteiger partial charge is 0.487 e. The summed E-state index contributed by atoms with van der Waals surface area (Å²) in [5.41, 5.74) is 5.67. The number of hydrogen-bond acceptors (Lipinski definition) is 5. The van der Waals surface area contributed by atoms with Crippen LogP contribution in [0.1, 0.15) is 26.6 Å². The third kappa shape index (κ3) is 5.48. The molecule has 2 amide bonds. The summed E-state index contributed by atoms with van der Waals surface area (Å²) in [6.07, 6.45) is 2.68. The Hall–Kier alpha value is -3.59. The maximum atomic E-state index is 13.8. The van der Waals surface area contributed by atoms with Gasteiger partial charge < -0.3 is 15.8 Å². The molecule has 0 aliphatic rings. The minimum atomic E-state index is -1.10. The Bertz CT molecular complexity index is 1130. The highest BCUT2D eigenvalue weighted by molar-refractivity contribution is 7.09. The lowest BCUT2D eigenvalue weighted by molar-refractivity contribution is -0.111. The first kappa shape index (κ1) is 21.1. The van der Waals surface area contributed by atoms with E-state index >= 15 is 0 Å². The van der Waals surface area contributed by atoms with Gasteiger partial charge in [-0.3, -0.25) is 9.59 Å². The highest BCUT2D eigenvalue weighted by atomic mass is 32.1. The molecule has 0 fully saturated rings. The van der Waals surface area contributed by atoms with Gasteiger partial charge in [0.05, 0.1) is 22.0 Å². The van der Waals surface area contributed by atoms with E-state index in [2.05, 4.69) is 10.3 Å². The van der Waals surface area contributed by atoms with Gasteiger partial charge in [0.2, 0.25) is 5.91 Å². The number of anilines is 1. The second kappa shape index (κ2) is 9.27. The number of aromatic nitrogens is 1. The van der Waals surface area contributed by atoms with Crippen molar-refractivity contribution in [2.75, 3.05) is 5.32 Å². The van der Waals surface area contributed by atoms with E-state index in [1.807, 2.05) is 12.3 Å². The zero-order valence-electron chi connectivity index (χ0n) is 15.8. The van der Waals surface area contributed by atoms with Crippen molar-refractivity contribution in [1.29, 1.82) is 0 Å². The Morgan fingerprint density at radius 1 is 1.23 bits per heavy atom. The molecule has 6 nitrogen and oxygen atoms in total. The van der Waals surface area contributed by atoms with Crippen LogP contribution >= 0.6 is 11.3 Å². The number of benzene rings is 2. The Balaban J connectivity index is 1.65. The SMILES string of the molecule is Cc1nc(COc2cccc(/C=C/C(=O)Nc3cc(C(N)=O)c(F)cc3F)c2)cs1. The van der Waals surface area contributed by atoms with Crippen molar-refractivity contribution in [2.24, 2.45) is 5.73 Å². The molecule has 0 aliphatic carbocycles. The Labute approximate surface area is 175 Å². The van der Waals surface area contributed by atoms with Gasteiger partial charge in [-0.15, -0.1) is 11.3 Å². The molecule has 0 aliphatic heterocycles. The molecule has 3 N–H and O–H groups in total. The highest BCUT2D eigenvalue weighted by Crippen LogP contribution is 2.20. The van der Waals surface area contributed by atoms with Gasteiger partial charge in [-0.05, 0) is 36.8 Å². The average molecular weight is 429 g/mol. The molecular weight excluding hydrogens is 412 g/mol. The predicted octanol–water partition coefficient (Wildman–Crippen LogP) is 4.06. The lowest BCUT2D eigenvalue weighted by Crippen LogP contribution is -2.16. The van der Waals surface area contributed by atoms with Crippen LogP contribution in [-0.4, -0.2) is 16.8 Å². The van der Waals surface area contributed by atoms with E-state index in [-0.39, 0.29) is 5.69 Å².